The van der Waals surface area contributed by atoms with Crippen LogP contribution in [0.3, 0.4) is 0 Å². The van der Waals surface area contributed by atoms with Crippen LogP contribution in [0.2, 0.25) is 0 Å². The van der Waals surface area contributed by atoms with E-state index in [1.807, 2.05) is 44.4 Å². The van der Waals surface area contributed by atoms with Crippen molar-refractivity contribution in [2.75, 3.05) is 42.9 Å². The number of piperazine rings is 1. The van der Waals surface area contributed by atoms with Crippen LogP contribution in [0, 0.1) is 0 Å². The number of aromatic carboxylic acids is 1. The fourth-order valence-electron chi connectivity index (χ4n) is 3.61. The number of carbonyl (C=O) groups excluding carboxylic acids is 2. The van der Waals surface area contributed by atoms with Crippen molar-refractivity contribution in [3.8, 4) is 0 Å². The maximum Gasteiger partial charge on any atom is 0.337 e. The zero-order chi connectivity index (χ0) is 23.3. The van der Waals surface area contributed by atoms with E-state index >= 15 is 0 Å². The zero-order valence-corrected chi connectivity index (χ0v) is 19.5. The third kappa shape index (κ3) is 6.80. The number of nitrogens with one attached hydrogen (secondary N) is 2. The van der Waals surface area contributed by atoms with Gasteiger partial charge in [0.25, 0.3) is 0 Å². The highest BCUT2D eigenvalue weighted by atomic mass is 32.1. The van der Waals surface area contributed by atoms with Crippen LogP contribution < -0.4 is 15.5 Å². The summed E-state index contributed by atoms with van der Waals surface area (Å²) in [7, 11) is 0. The lowest BCUT2D eigenvalue weighted by Gasteiger charge is -2.36. The number of amides is 2. The Labute approximate surface area is 192 Å². The molecule has 2 amide bonds. The summed E-state index contributed by atoms with van der Waals surface area (Å²) in [6, 6.07) is 8.83. The molecule has 172 valence electrons. The number of benzene rings is 1. The molecule has 1 saturated heterocycles. The van der Waals surface area contributed by atoms with E-state index in [0.717, 1.165) is 10.6 Å². The molecular formula is C23H30N4O4S. The Balaban J connectivity index is 1.60. The van der Waals surface area contributed by atoms with Crippen LogP contribution in [0.25, 0.3) is 0 Å². The average molecular weight is 459 g/mol. The fourth-order valence-corrected chi connectivity index (χ4v) is 4.31. The maximum absolute atomic E-state index is 12.3. The van der Waals surface area contributed by atoms with Crippen LogP contribution in [0.4, 0.5) is 11.4 Å². The number of nitrogens with zero attached hydrogens (tertiary/aromatic N) is 2. The second-order valence-corrected chi connectivity index (χ2v) is 9.93. The molecule has 0 atom stereocenters. The number of carboxylic acid groups (broad SMARTS) is 1. The molecule has 2 aromatic rings. The van der Waals surface area contributed by atoms with Gasteiger partial charge >= 0.3 is 5.97 Å². The number of anilines is 2. The van der Waals surface area contributed by atoms with Crippen molar-refractivity contribution in [1.29, 1.82) is 0 Å². The SMILES string of the molecule is CC(C)(C)NC(=O)CN1CCN(c2ccc(NC(=O)Cc3cccs3)c(C(=O)O)c2)CC1. The van der Waals surface area contributed by atoms with Crippen molar-refractivity contribution < 1.29 is 19.5 Å². The molecule has 1 fully saturated rings. The third-order valence-electron chi connectivity index (χ3n) is 5.04. The summed E-state index contributed by atoms with van der Waals surface area (Å²) < 4.78 is 0. The minimum atomic E-state index is -1.09. The summed E-state index contributed by atoms with van der Waals surface area (Å²) in [5, 5.41) is 17.3. The number of hydrogen-bond donors (Lipinski definition) is 3. The molecule has 0 radical (unpaired) electrons. The minimum absolute atomic E-state index is 0.00163. The molecule has 9 heteroatoms. The first kappa shape index (κ1) is 23.7. The molecule has 0 bridgehead atoms. The Morgan fingerprint density at radius 2 is 1.78 bits per heavy atom. The summed E-state index contributed by atoms with van der Waals surface area (Å²) in [4.78, 5) is 41.4. The van der Waals surface area contributed by atoms with Crippen molar-refractivity contribution >= 4 is 40.5 Å². The van der Waals surface area contributed by atoms with Crippen LogP contribution in [0.15, 0.2) is 35.7 Å². The Morgan fingerprint density at radius 1 is 1.06 bits per heavy atom. The van der Waals surface area contributed by atoms with E-state index in [-0.39, 0.29) is 29.3 Å². The van der Waals surface area contributed by atoms with E-state index in [1.165, 1.54) is 11.3 Å². The van der Waals surface area contributed by atoms with Gasteiger partial charge in [-0.1, -0.05) is 6.07 Å². The molecule has 0 saturated carbocycles. The van der Waals surface area contributed by atoms with Gasteiger partial charge in [0, 0.05) is 42.3 Å². The van der Waals surface area contributed by atoms with Crippen molar-refractivity contribution in [3.05, 3.63) is 46.2 Å². The highest BCUT2D eigenvalue weighted by Crippen LogP contribution is 2.25. The summed E-state index contributed by atoms with van der Waals surface area (Å²) in [6.07, 6.45) is 0.212. The average Bonchev–Trinajstić information content (AvgIpc) is 3.20. The van der Waals surface area contributed by atoms with E-state index < -0.39 is 5.97 Å². The van der Waals surface area contributed by atoms with Gasteiger partial charge in [0.1, 0.15) is 0 Å². The molecule has 3 rings (SSSR count). The van der Waals surface area contributed by atoms with Crippen molar-refractivity contribution in [2.24, 2.45) is 0 Å². The van der Waals surface area contributed by atoms with Crippen LogP contribution in [0.1, 0.15) is 36.0 Å². The van der Waals surface area contributed by atoms with Gasteiger partial charge in [0.05, 0.1) is 24.2 Å². The molecule has 0 spiro atoms. The second kappa shape index (κ2) is 10.1. The van der Waals surface area contributed by atoms with Crippen molar-refractivity contribution in [1.82, 2.24) is 10.2 Å². The van der Waals surface area contributed by atoms with Gasteiger partial charge in [-0.3, -0.25) is 14.5 Å². The lowest BCUT2D eigenvalue weighted by atomic mass is 10.1. The molecule has 8 nitrogen and oxygen atoms in total. The van der Waals surface area contributed by atoms with E-state index in [4.69, 9.17) is 0 Å². The molecule has 1 aliphatic heterocycles. The normalized spacial score (nSPS) is 14.8. The number of thiophene rings is 1. The molecular weight excluding hydrogens is 428 g/mol. The lowest BCUT2D eigenvalue weighted by molar-refractivity contribution is -0.123. The first-order valence-corrected chi connectivity index (χ1v) is 11.5. The predicted molar refractivity (Wildman–Crippen MR) is 127 cm³/mol. The number of hydrogen-bond acceptors (Lipinski definition) is 6. The Hall–Kier alpha value is -2.91. The summed E-state index contributed by atoms with van der Waals surface area (Å²) in [6.45, 7) is 9.00. The van der Waals surface area contributed by atoms with E-state index in [2.05, 4.69) is 20.4 Å². The summed E-state index contributed by atoms with van der Waals surface area (Å²) >= 11 is 1.49. The van der Waals surface area contributed by atoms with Crippen LogP contribution in [-0.2, 0) is 16.0 Å². The zero-order valence-electron chi connectivity index (χ0n) is 18.7. The smallest absolute Gasteiger partial charge is 0.337 e. The van der Waals surface area contributed by atoms with Crippen LogP contribution in [-0.4, -0.2) is 66.1 Å². The molecule has 3 N–H and O–H groups in total. The Kier molecular flexibility index (Phi) is 7.52. The quantitative estimate of drug-likeness (QED) is 0.590. The number of rotatable bonds is 7. The van der Waals surface area contributed by atoms with Crippen molar-refractivity contribution in [3.63, 3.8) is 0 Å². The fraction of sp³-hybridized carbons (Fsp3) is 0.435. The molecule has 1 aliphatic rings. The molecule has 2 heterocycles. The van der Waals surface area contributed by atoms with Gasteiger partial charge in [-0.25, -0.2) is 4.79 Å². The summed E-state index contributed by atoms with van der Waals surface area (Å²) in [5.74, 6) is -1.33. The molecule has 0 aliphatic carbocycles. The van der Waals surface area contributed by atoms with Gasteiger partial charge in [-0.15, -0.1) is 11.3 Å². The number of carboxylic acids is 1. The highest BCUT2D eigenvalue weighted by Gasteiger charge is 2.23. The van der Waals surface area contributed by atoms with E-state index in [0.29, 0.717) is 38.4 Å². The predicted octanol–water partition coefficient (Wildman–Crippen LogP) is 2.66. The second-order valence-electron chi connectivity index (χ2n) is 8.90. The van der Waals surface area contributed by atoms with Crippen molar-refractivity contribution in [2.45, 2.75) is 32.7 Å². The van der Waals surface area contributed by atoms with Gasteiger partial charge in [0.2, 0.25) is 11.8 Å². The molecule has 1 aromatic carbocycles. The maximum atomic E-state index is 12.3. The van der Waals surface area contributed by atoms with Gasteiger partial charge in [-0.05, 0) is 50.4 Å². The lowest BCUT2D eigenvalue weighted by Crippen LogP contribution is -2.51. The standard InChI is InChI=1S/C23H30N4O4S/c1-23(2,3)25-21(29)15-26-8-10-27(11-9-26)16-6-7-19(18(13-16)22(30)31)24-20(28)14-17-5-4-12-32-17/h4-7,12-13H,8-11,14-15H2,1-3H3,(H,24,28)(H,25,29)(H,30,31). The highest BCUT2D eigenvalue weighted by molar-refractivity contribution is 7.10. The Morgan fingerprint density at radius 3 is 2.38 bits per heavy atom. The van der Waals surface area contributed by atoms with E-state index in [9.17, 15) is 19.5 Å². The third-order valence-corrected chi connectivity index (χ3v) is 5.92. The largest absolute Gasteiger partial charge is 0.478 e. The molecule has 0 unspecified atom stereocenters. The minimum Gasteiger partial charge on any atom is -0.478 e. The topological polar surface area (TPSA) is 102 Å². The van der Waals surface area contributed by atoms with E-state index in [1.54, 1.807) is 12.1 Å². The monoisotopic (exact) mass is 458 g/mol. The van der Waals surface area contributed by atoms with Gasteiger partial charge < -0.3 is 20.6 Å². The Bertz CT molecular complexity index is 961. The molecule has 1 aromatic heterocycles. The van der Waals surface area contributed by atoms with Crippen LogP contribution in [0.5, 0.6) is 0 Å². The first-order valence-electron chi connectivity index (χ1n) is 10.6. The first-order chi connectivity index (χ1) is 15.1. The van der Waals surface area contributed by atoms with Crippen LogP contribution >= 0.6 is 11.3 Å². The molecule has 32 heavy (non-hydrogen) atoms. The summed E-state index contributed by atoms with van der Waals surface area (Å²) in [5.41, 5.74) is 0.888. The number of carbonyl (C=O) groups is 3. The van der Waals surface area contributed by atoms with Gasteiger partial charge in [0.15, 0.2) is 0 Å². The van der Waals surface area contributed by atoms with Gasteiger partial charge in [-0.2, -0.15) is 0 Å².